The van der Waals surface area contributed by atoms with Crippen LogP contribution >= 0.6 is 0 Å². The maximum Gasteiger partial charge on any atom is 0.0943 e. The Balaban J connectivity index is 1.57. The van der Waals surface area contributed by atoms with Gasteiger partial charge in [0.25, 0.3) is 0 Å². The number of hydrogen-bond donors (Lipinski definition) is 3. The topological polar surface area (TPSA) is 44.3 Å². The highest BCUT2D eigenvalue weighted by molar-refractivity contribution is 5.44. The summed E-state index contributed by atoms with van der Waals surface area (Å²) in [7, 11) is 1.93. The summed E-state index contributed by atoms with van der Waals surface area (Å²) in [4.78, 5) is 0. The fraction of sp³-hybridized carbons (Fsp3) is 0.368. The zero-order valence-corrected chi connectivity index (χ0v) is 13.0. The molecule has 3 heteroatoms. The van der Waals surface area contributed by atoms with Crippen molar-refractivity contribution in [3.63, 3.8) is 0 Å². The number of hydrogen-bond acceptors (Lipinski definition) is 3. The Bertz CT molecular complexity index is 582. The molecule has 0 aromatic heterocycles. The Hall–Kier alpha value is -1.84. The van der Waals surface area contributed by atoms with E-state index in [1.54, 1.807) is 0 Å². The van der Waals surface area contributed by atoms with Crippen molar-refractivity contribution in [1.29, 1.82) is 0 Å². The van der Waals surface area contributed by atoms with Crippen LogP contribution in [0.3, 0.4) is 0 Å². The summed E-state index contributed by atoms with van der Waals surface area (Å²) < 4.78 is 0. The first kappa shape index (κ1) is 15.1. The Morgan fingerprint density at radius 1 is 1.09 bits per heavy atom. The molecule has 116 valence electrons. The number of aliphatic hydroxyl groups excluding tert-OH is 1. The summed E-state index contributed by atoms with van der Waals surface area (Å²) in [6, 6.07) is 19.1. The Morgan fingerprint density at radius 3 is 2.50 bits per heavy atom. The molecule has 0 bridgehead atoms. The highest BCUT2D eigenvalue weighted by Crippen LogP contribution is 2.26. The van der Waals surface area contributed by atoms with Gasteiger partial charge in [-0.2, -0.15) is 0 Å². The van der Waals surface area contributed by atoms with Gasteiger partial charge in [0.1, 0.15) is 0 Å². The minimum Gasteiger partial charge on any atom is -0.388 e. The van der Waals surface area contributed by atoms with Gasteiger partial charge in [0.15, 0.2) is 0 Å². The summed E-state index contributed by atoms with van der Waals surface area (Å²) in [6.45, 7) is 0. The standard InChI is InChI=1S/C19H24N2O/c1-20-16-9-7-14(8-10-16)13-17-11-12-18(21-17)19(22)15-5-3-2-4-6-15/h2-10,17-22H,11-13H2,1H3. The molecule has 1 fully saturated rings. The summed E-state index contributed by atoms with van der Waals surface area (Å²) in [5, 5.41) is 17.2. The molecular formula is C19H24N2O. The predicted molar refractivity (Wildman–Crippen MR) is 91.0 cm³/mol. The van der Waals surface area contributed by atoms with E-state index in [9.17, 15) is 5.11 Å². The molecule has 0 aliphatic carbocycles. The van der Waals surface area contributed by atoms with E-state index in [1.807, 2.05) is 37.4 Å². The highest BCUT2D eigenvalue weighted by Gasteiger charge is 2.29. The molecule has 3 nitrogen and oxygen atoms in total. The van der Waals surface area contributed by atoms with Crippen molar-refractivity contribution in [2.75, 3.05) is 12.4 Å². The van der Waals surface area contributed by atoms with E-state index in [2.05, 4.69) is 34.9 Å². The highest BCUT2D eigenvalue weighted by atomic mass is 16.3. The molecule has 1 saturated heterocycles. The number of anilines is 1. The summed E-state index contributed by atoms with van der Waals surface area (Å²) in [5.74, 6) is 0. The van der Waals surface area contributed by atoms with Crippen LogP contribution in [0, 0.1) is 0 Å². The lowest BCUT2D eigenvalue weighted by Crippen LogP contribution is -2.35. The van der Waals surface area contributed by atoms with E-state index >= 15 is 0 Å². The second-order valence-corrected chi connectivity index (χ2v) is 6.05. The third-order valence-electron chi connectivity index (χ3n) is 4.52. The lowest BCUT2D eigenvalue weighted by Gasteiger charge is -2.20. The van der Waals surface area contributed by atoms with Crippen LogP contribution in [0.25, 0.3) is 0 Å². The minimum atomic E-state index is -0.419. The summed E-state index contributed by atoms with van der Waals surface area (Å²) >= 11 is 0. The molecule has 2 aromatic rings. The molecule has 22 heavy (non-hydrogen) atoms. The molecule has 3 unspecified atom stereocenters. The van der Waals surface area contributed by atoms with E-state index < -0.39 is 6.10 Å². The smallest absolute Gasteiger partial charge is 0.0943 e. The number of aliphatic hydroxyl groups is 1. The van der Waals surface area contributed by atoms with Gasteiger partial charge in [-0.15, -0.1) is 0 Å². The molecule has 0 radical (unpaired) electrons. The second kappa shape index (κ2) is 6.95. The third-order valence-corrected chi connectivity index (χ3v) is 4.52. The van der Waals surface area contributed by atoms with Crippen LogP contribution in [-0.4, -0.2) is 24.2 Å². The van der Waals surface area contributed by atoms with Crippen LogP contribution in [0.1, 0.15) is 30.1 Å². The van der Waals surface area contributed by atoms with Crippen molar-refractivity contribution < 1.29 is 5.11 Å². The van der Waals surface area contributed by atoms with E-state index in [1.165, 1.54) is 5.56 Å². The Morgan fingerprint density at radius 2 is 1.82 bits per heavy atom. The van der Waals surface area contributed by atoms with E-state index in [0.717, 1.165) is 30.5 Å². The molecular weight excluding hydrogens is 272 g/mol. The van der Waals surface area contributed by atoms with Gasteiger partial charge in [-0.25, -0.2) is 0 Å². The number of nitrogens with one attached hydrogen (secondary N) is 2. The molecule has 3 rings (SSSR count). The van der Waals surface area contributed by atoms with E-state index in [-0.39, 0.29) is 6.04 Å². The maximum atomic E-state index is 10.5. The SMILES string of the molecule is CNc1ccc(CC2CCC(C(O)c3ccccc3)N2)cc1. The maximum absolute atomic E-state index is 10.5. The lowest BCUT2D eigenvalue weighted by atomic mass is 10.0. The number of benzene rings is 2. The third kappa shape index (κ3) is 3.49. The monoisotopic (exact) mass is 296 g/mol. The van der Waals surface area contributed by atoms with Gasteiger partial charge < -0.3 is 15.7 Å². The molecule has 0 saturated carbocycles. The zero-order valence-electron chi connectivity index (χ0n) is 13.0. The first-order valence-corrected chi connectivity index (χ1v) is 8.02. The summed E-state index contributed by atoms with van der Waals surface area (Å²) in [5.41, 5.74) is 3.48. The molecule has 3 N–H and O–H groups in total. The van der Waals surface area contributed by atoms with Gasteiger partial charge in [0.2, 0.25) is 0 Å². The average molecular weight is 296 g/mol. The zero-order chi connectivity index (χ0) is 15.4. The van der Waals surface area contributed by atoms with Gasteiger partial charge in [-0.3, -0.25) is 0 Å². The van der Waals surface area contributed by atoms with Gasteiger partial charge in [0.05, 0.1) is 6.10 Å². The summed E-state index contributed by atoms with van der Waals surface area (Å²) in [6.07, 6.45) is 2.73. The molecule has 0 spiro atoms. The molecule has 0 amide bonds. The average Bonchev–Trinajstić information content (AvgIpc) is 3.04. The fourth-order valence-electron chi connectivity index (χ4n) is 3.23. The van der Waals surface area contributed by atoms with Crippen molar-refractivity contribution in [3.8, 4) is 0 Å². The van der Waals surface area contributed by atoms with Crippen molar-refractivity contribution in [2.45, 2.75) is 37.5 Å². The van der Waals surface area contributed by atoms with Crippen molar-refractivity contribution >= 4 is 5.69 Å². The van der Waals surface area contributed by atoms with Crippen molar-refractivity contribution in [3.05, 3.63) is 65.7 Å². The van der Waals surface area contributed by atoms with Crippen molar-refractivity contribution in [2.24, 2.45) is 0 Å². The van der Waals surface area contributed by atoms with Gasteiger partial charge in [0, 0.05) is 24.8 Å². The number of rotatable bonds is 5. The van der Waals surface area contributed by atoms with E-state index in [4.69, 9.17) is 0 Å². The van der Waals surface area contributed by atoms with E-state index in [0.29, 0.717) is 6.04 Å². The molecule has 1 aliphatic rings. The quantitative estimate of drug-likeness (QED) is 0.794. The van der Waals surface area contributed by atoms with Crippen LogP contribution in [0.5, 0.6) is 0 Å². The van der Waals surface area contributed by atoms with Crippen LogP contribution in [0.4, 0.5) is 5.69 Å². The van der Waals surface area contributed by atoms with Gasteiger partial charge in [-0.05, 0) is 42.5 Å². The minimum absolute atomic E-state index is 0.156. The largest absolute Gasteiger partial charge is 0.388 e. The van der Waals surface area contributed by atoms with Gasteiger partial charge >= 0.3 is 0 Å². The van der Waals surface area contributed by atoms with Crippen LogP contribution in [0.15, 0.2) is 54.6 Å². The predicted octanol–water partition coefficient (Wildman–Crippen LogP) is 3.13. The molecule has 1 aliphatic heterocycles. The second-order valence-electron chi connectivity index (χ2n) is 6.05. The molecule has 3 atom stereocenters. The first-order valence-electron chi connectivity index (χ1n) is 8.02. The normalized spacial score (nSPS) is 22.5. The Kier molecular flexibility index (Phi) is 4.76. The van der Waals surface area contributed by atoms with Crippen LogP contribution in [0.2, 0.25) is 0 Å². The van der Waals surface area contributed by atoms with Gasteiger partial charge in [-0.1, -0.05) is 42.5 Å². The fourth-order valence-corrected chi connectivity index (χ4v) is 3.23. The first-order chi connectivity index (χ1) is 10.8. The molecule has 2 aromatic carbocycles. The van der Waals surface area contributed by atoms with Crippen LogP contribution < -0.4 is 10.6 Å². The lowest BCUT2D eigenvalue weighted by molar-refractivity contribution is 0.135. The molecule has 1 heterocycles. The Labute approximate surface area is 132 Å². The van der Waals surface area contributed by atoms with Crippen LogP contribution in [-0.2, 0) is 6.42 Å². The van der Waals surface area contributed by atoms with Crippen molar-refractivity contribution in [1.82, 2.24) is 5.32 Å².